The molecular formula is C13H21NO4. The number of carbonyl (C=O) groups is 1. The van der Waals surface area contributed by atoms with Gasteiger partial charge in [0.05, 0.1) is 37.2 Å². The van der Waals surface area contributed by atoms with Crippen molar-refractivity contribution in [2.45, 2.75) is 71.1 Å². The molecule has 1 aliphatic rings. The lowest BCUT2D eigenvalue weighted by molar-refractivity contribution is -0.298. The van der Waals surface area contributed by atoms with Gasteiger partial charge in [0.25, 0.3) is 0 Å². The molecule has 1 heterocycles. The summed E-state index contributed by atoms with van der Waals surface area (Å²) in [6, 6.07) is 2.08. The molecule has 1 rings (SSSR count). The summed E-state index contributed by atoms with van der Waals surface area (Å²) in [5.41, 5.74) is 0. The van der Waals surface area contributed by atoms with Gasteiger partial charge in [-0.15, -0.1) is 0 Å². The Morgan fingerprint density at radius 1 is 1.44 bits per heavy atom. The van der Waals surface area contributed by atoms with Crippen LogP contribution in [0.25, 0.3) is 0 Å². The lowest BCUT2D eigenvalue weighted by Crippen LogP contribution is -2.45. The van der Waals surface area contributed by atoms with E-state index in [4.69, 9.17) is 19.5 Å². The quantitative estimate of drug-likeness (QED) is 0.720. The van der Waals surface area contributed by atoms with E-state index in [9.17, 15) is 4.79 Å². The van der Waals surface area contributed by atoms with Gasteiger partial charge in [-0.05, 0) is 27.7 Å². The molecule has 0 bridgehead atoms. The average Bonchev–Trinajstić information content (AvgIpc) is 2.12. The Bertz CT molecular complexity index is 332. The molecule has 0 radical (unpaired) electrons. The Kier molecular flexibility index (Phi) is 5.12. The standard InChI is InChI=1S/C13H21NO4/c1-9(2)16-12(15)8-11-7-10(5-6-14)17-13(3,4)18-11/h9-11H,5,7-8H2,1-4H3/t10-,11-/m0/s1. The van der Waals surface area contributed by atoms with Crippen LogP contribution in [0.4, 0.5) is 0 Å². The molecule has 1 aliphatic heterocycles. The van der Waals surface area contributed by atoms with Gasteiger partial charge in [-0.25, -0.2) is 0 Å². The minimum Gasteiger partial charge on any atom is -0.463 e. The Balaban J connectivity index is 2.54. The first-order valence-electron chi connectivity index (χ1n) is 6.24. The number of nitrogens with zero attached hydrogens (tertiary/aromatic N) is 1. The smallest absolute Gasteiger partial charge is 0.308 e. The molecular weight excluding hydrogens is 234 g/mol. The van der Waals surface area contributed by atoms with Crippen LogP contribution in [-0.4, -0.2) is 30.1 Å². The summed E-state index contributed by atoms with van der Waals surface area (Å²) in [5, 5.41) is 8.71. The van der Waals surface area contributed by atoms with E-state index in [1.54, 1.807) is 13.8 Å². The zero-order chi connectivity index (χ0) is 13.8. The van der Waals surface area contributed by atoms with Gasteiger partial charge in [0.1, 0.15) is 0 Å². The van der Waals surface area contributed by atoms with E-state index in [0.717, 1.165) is 0 Å². The SMILES string of the molecule is CC(C)OC(=O)C[C@@H]1C[C@H](CC#N)OC(C)(C)O1. The summed E-state index contributed by atoms with van der Waals surface area (Å²) in [6.45, 7) is 7.20. The lowest BCUT2D eigenvalue weighted by atomic mass is 10.0. The molecule has 0 spiro atoms. The second kappa shape index (κ2) is 6.17. The van der Waals surface area contributed by atoms with Crippen molar-refractivity contribution in [1.29, 1.82) is 5.26 Å². The van der Waals surface area contributed by atoms with Gasteiger partial charge in [-0.1, -0.05) is 0 Å². The second-order valence-electron chi connectivity index (χ2n) is 5.22. The van der Waals surface area contributed by atoms with Crippen LogP contribution in [-0.2, 0) is 19.0 Å². The van der Waals surface area contributed by atoms with Crippen LogP contribution in [0.15, 0.2) is 0 Å². The number of rotatable bonds is 4. The summed E-state index contributed by atoms with van der Waals surface area (Å²) in [4.78, 5) is 11.6. The number of hydrogen-bond acceptors (Lipinski definition) is 5. The van der Waals surface area contributed by atoms with Crippen molar-refractivity contribution in [3.63, 3.8) is 0 Å². The molecule has 5 heteroatoms. The van der Waals surface area contributed by atoms with Crippen molar-refractivity contribution >= 4 is 5.97 Å². The molecule has 1 fully saturated rings. The number of carbonyl (C=O) groups excluding carboxylic acids is 1. The van der Waals surface area contributed by atoms with Gasteiger partial charge in [-0.3, -0.25) is 4.79 Å². The molecule has 0 aliphatic carbocycles. The van der Waals surface area contributed by atoms with Gasteiger partial charge in [-0.2, -0.15) is 5.26 Å². The largest absolute Gasteiger partial charge is 0.463 e. The molecule has 1 saturated heterocycles. The normalized spacial score (nSPS) is 26.7. The highest BCUT2D eigenvalue weighted by atomic mass is 16.7. The minimum absolute atomic E-state index is 0.125. The van der Waals surface area contributed by atoms with Crippen LogP contribution >= 0.6 is 0 Å². The zero-order valence-corrected chi connectivity index (χ0v) is 11.4. The number of esters is 1. The van der Waals surface area contributed by atoms with Crippen LogP contribution in [0.5, 0.6) is 0 Å². The molecule has 2 atom stereocenters. The molecule has 0 amide bonds. The van der Waals surface area contributed by atoms with Crippen LogP contribution < -0.4 is 0 Å². The van der Waals surface area contributed by atoms with E-state index >= 15 is 0 Å². The fourth-order valence-electron chi connectivity index (χ4n) is 2.07. The van der Waals surface area contributed by atoms with E-state index in [-0.39, 0.29) is 30.7 Å². The maximum atomic E-state index is 11.6. The number of nitriles is 1. The van der Waals surface area contributed by atoms with E-state index < -0.39 is 5.79 Å². The van der Waals surface area contributed by atoms with Gasteiger partial charge in [0, 0.05) is 6.42 Å². The van der Waals surface area contributed by atoms with Crippen molar-refractivity contribution in [1.82, 2.24) is 0 Å². The van der Waals surface area contributed by atoms with Crippen molar-refractivity contribution in [2.75, 3.05) is 0 Å². The zero-order valence-electron chi connectivity index (χ0n) is 11.4. The minimum atomic E-state index is -0.761. The predicted octanol–water partition coefficient (Wildman–Crippen LogP) is 2.15. The van der Waals surface area contributed by atoms with Crippen LogP contribution in [0.2, 0.25) is 0 Å². The van der Waals surface area contributed by atoms with Gasteiger partial charge >= 0.3 is 5.97 Å². The molecule has 0 N–H and O–H groups in total. The third kappa shape index (κ3) is 5.03. The van der Waals surface area contributed by atoms with Crippen LogP contribution in [0.1, 0.15) is 47.0 Å². The summed E-state index contributed by atoms with van der Waals surface area (Å²) in [5.74, 6) is -1.04. The predicted molar refractivity (Wildman–Crippen MR) is 64.5 cm³/mol. The van der Waals surface area contributed by atoms with Gasteiger partial charge in [0.15, 0.2) is 5.79 Å². The van der Waals surface area contributed by atoms with Crippen LogP contribution in [0.3, 0.4) is 0 Å². The Labute approximate surface area is 108 Å². The van der Waals surface area contributed by atoms with Crippen molar-refractivity contribution in [3.8, 4) is 6.07 Å². The summed E-state index contributed by atoms with van der Waals surface area (Å²) >= 11 is 0. The Morgan fingerprint density at radius 2 is 2.06 bits per heavy atom. The molecule has 0 saturated carbocycles. The molecule has 0 aromatic carbocycles. The van der Waals surface area contributed by atoms with E-state index in [2.05, 4.69) is 6.07 Å². The monoisotopic (exact) mass is 255 g/mol. The van der Waals surface area contributed by atoms with E-state index in [0.29, 0.717) is 12.8 Å². The fraction of sp³-hybridized carbons (Fsp3) is 0.846. The Hall–Kier alpha value is -1.12. The molecule has 0 aromatic rings. The topological polar surface area (TPSA) is 68.6 Å². The number of ether oxygens (including phenoxy) is 3. The molecule has 18 heavy (non-hydrogen) atoms. The average molecular weight is 255 g/mol. The second-order valence-corrected chi connectivity index (χ2v) is 5.22. The highest BCUT2D eigenvalue weighted by Gasteiger charge is 2.36. The molecule has 0 unspecified atom stereocenters. The molecule has 5 nitrogen and oxygen atoms in total. The maximum absolute atomic E-state index is 11.6. The lowest BCUT2D eigenvalue weighted by Gasteiger charge is -2.39. The highest BCUT2D eigenvalue weighted by Crippen LogP contribution is 2.29. The highest BCUT2D eigenvalue weighted by molar-refractivity contribution is 5.70. The first-order chi connectivity index (χ1) is 8.32. The summed E-state index contributed by atoms with van der Waals surface area (Å²) in [7, 11) is 0. The van der Waals surface area contributed by atoms with Gasteiger partial charge in [0.2, 0.25) is 0 Å². The van der Waals surface area contributed by atoms with Gasteiger partial charge < -0.3 is 14.2 Å². The van der Waals surface area contributed by atoms with E-state index in [1.807, 2.05) is 13.8 Å². The van der Waals surface area contributed by atoms with Crippen LogP contribution in [0, 0.1) is 11.3 Å². The first-order valence-corrected chi connectivity index (χ1v) is 6.24. The van der Waals surface area contributed by atoms with Crippen molar-refractivity contribution < 1.29 is 19.0 Å². The molecule has 0 aromatic heterocycles. The van der Waals surface area contributed by atoms with E-state index in [1.165, 1.54) is 0 Å². The van der Waals surface area contributed by atoms with Crippen molar-refractivity contribution in [2.24, 2.45) is 0 Å². The Morgan fingerprint density at radius 3 is 2.61 bits per heavy atom. The third-order valence-corrected chi connectivity index (χ3v) is 2.51. The first kappa shape index (κ1) is 14.9. The summed E-state index contributed by atoms with van der Waals surface area (Å²) in [6.07, 6.45) is 0.494. The number of hydrogen-bond donors (Lipinski definition) is 0. The maximum Gasteiger partial charge on any atom is 0.308 e. The summed E-state index contributed by atoms with van der Waals surface area (Å²) < 4.78 is 16.4. The van der Waals surface area contributed by atoms with Crippen molar-refractivity contribution in [3.05, 3.63) is 0 Å². The molecule has 102 valence electrons. The fourth-order valence-corrected chi connectivity index (χ4v) is 2.07. The third-order valence-electron chi connectivity index (χ3n) is 2.51.